The molecule has 1 aromatic heterocycles. The summed E-state index contributed by atoms with van der Waals surface area (Å²) in [6.07, 6.45) is 3.68. The van der Waals surface area contributed by atoms with Gasteiger partial charge in [0.25, 0.3) is 0 Å². The molecule has 1 atom stereocenters. The van der Waals surface area contributed by atoms with E-state index in [1.807, 2.05) is 6.07 Å². The van der Waals surface area contributed by atoms with E-state index in [4.69, 9.17) is 5.26 Å². The van der Waals surface area contributed by atoms with Crippen molar-refractivity contribution >= 4 is 15.7 Å². The molecule has 0 aliphatic carbocycles. The van der Waals surface area contributed by atoms with Gasteiger partial charge in [-0.05, 0) is 24.6 Å². The molecular formula is C14H13FN4O2S. The van der Waals surface area contributed by atoms with E-state index >= 15 is 0 Å². The third-order valence-electron chi connectivity index (χ3n) is 2.99. The number of aromatic nitrogens is 2. The van der Waals surface area contributed by atoms with Crippen molar-refractivity contribution in [1.29, 1.82) is 5.26 Å². The van der Waals surface area contributed by atoms with Crippen molar-refractivity contribution in [2.24, 2.45) is 0 Å². The third kappa shape index (κ3) is 3.56. The van der Waals surface area contributed by atoms with E-state index in [1.54, 1.807) is 6.92 Å². The Kier molecular flexibility index (Phi) is 4.37. The van der Waals surface area contributed by atoms with Crippen molar-refractivity contribution in [3.05, 3.63) is 47.7 Å². The molecule has 0 spiro atoms. The topological polar surface area (TPSA) is 95.7 Å². The highest BCUT2D eigenvalue weighted by Crippen LogP contribution is 2.22. The van der Waals surface area contributed by atoms with Crippen molar-refractivity contribution in [3.63, 3.8) is 0 Å². The number of sulfone groups is 1. The van der Waals surface area contributed by atoms with Gasteiger partial charge in [-0.15, -0.1) is 0 Å². The molecule has 0 aliphatic rings. The summed E-state index contributed by atoms with van der Waals surface area (Å²) in [6, 6.07) is 5.49. The smallest absolute Gasteiger partial charge is 0.178 e. The van der Waals surface area contributed by atoms with Gasteiger partial charge in [0.15, 0.2) is 15.5 Å². The number of nitrogens with zero attached hydrogens (tertiary/aromatic N) is 3. The Balaban J connectivity index is 2.21. The maximum Gasteiger partial charge on any atom is 0.178 e. The number of hydrogen-bond donors (Lipinski definition) is 1. The highest BCUT2D eigenvalue weighted by Gasteiger charge is 2.16. The van der Waals surface area contributed by atoms with Crippen LogP contribution >= 0.6 is 0 Å². The second-order valence-corrected chi connectivity index (χ2v) is 6.71. The molecule has 2 aromatic rings. The van der Waals surface area contributed by atoms with Crippen molar-refractivity contribution in [2.45, 2.75) is 17.9 Å². The highest BCUT2D eigenvalue weighted by molar-refractivity contribution is 7.90. The quantitative estimate of drug-likeness (QED) is 0.926. The Hall–Kier alpha value is -2.53. The summed E-state index contributed by atoms with van der Waals surface area (Å²) in [5.74, 6) is -0.362. The second-order valence-electron chi connectivity index (χ2n) is 4.73. The van der Waals surface area contributed by atoms with Crippen LogP contribution in [0.2, 0.25) is 0 Å². The number of halogens is 1. The number of anilines is 1. The number of nitriles is 1. The summed E-state index contributed by atoms with van der Waals surface area (Å²) >= 11 is 0. The van der Waals surface area contributed by atoms with E-state index in [2.05, 4.69) is 15.3 Å². The molecule has 114 valence electrons. The molecule has 8 heteroatoms. The van der Waals surface area contributed by atoms with Gasteiger partial charge in [0.1, 0.15) is 22.6 Å². The third-order valence-corrected chi connectivity index (χ3v) is 4.12. The van der Waals surface area contributed by atoms with Gasteiger partial charge in [0.2, 0.25) is 0 Å². The predicted molar refractivity (Wildman–Crippen MR) is 78.3 cm³/mol. The molecule has 0 fully saturated rings. The molecule has 6 nitrogen and oxygen atoms in total. The van der Waals surface area contributed by atoms with E-state index in [0.717, 1.165) is 6.26 Å². The van der Waals surface area contributed by atoms with E-state index < -0.39 is 15.7 Å². The summed E-state index contributed by atoms with van der Waals surface area (Å²) < 4.78 is 36.6. The van der Waals surface area contributed by atoms with Crippen LogP contribution in [0.3, 0.4) is 0 Å². The van der Waals surface area contributed by atoms with Crippen molar-refractivity contribution < 1.29 is 12.8 Å². The zero-order valence-electron chi connectivity index (χ0n) is 11.9. The van der Waals surface area contributed by atoms with Crippen molar-refractivity contribution in [3.8, 4) is 6.07 Å². The lowest BCUT2D eigenvalue weighted by Crippen LogP contribution is -2.10. The van der Waals surface area contributed by atoms with Crippen molar-refractivity contribution in [2.75, 3.05) is 11.6 Å². The van der Waals surface area contributed by atoms with Crippen LogP contribution in [0.15, 0.2) is 35.5 Å². The minimum Gasteiger partial charge on any atom is -0.362 e. The van der Waals surface area contributed by atoms with Gasteiger partial charge < -0.3 is 5.32 Å². The summed E-state index contributed by atoms with van der Waals surface area (Å²) in [4.78, 5) is 7.55. The number of nitrogens with one attached hydrogen (secondary N) is 1. The molecule has 0 saturated carbocycles. The van der Waals surface area contributed by atoms with Crippen LogP contribution in [0.5, 0.6) is 0 Å². The Labute approximate surface area is 127 Å². The van der Waals surface area contributed by atoms with Gasteiger partial charge in [-0.3, -0.25) is 0 Å². The summed E-state index contributed by atoms with van der Waals surface area (Å²) in [5.41, 5.74) is 0.762. The molecule has 1 N–H and O–H groups in total. The Morgan fingerprint density at radius 2 is 2.05 bits per heavy atom. The molecule has 22 heavy (non-hydrogen) atoms. The lowest BCUT2D eigenvalue weighted by atomic mass is 10.1. The first-order valence-corrected chi connectivity index (χ1v) is 8.18. The number of rotatable bonds is 4. The molecule has 1 unspecified atom stereocenters. The first-order chi connectivity index (χ1) is 10.3. The Bertz CT molecular complexity index is 829. The van der Waals surface area contributed by atoms with Gasteiger partial charge in [0, 0.05) is 6.26 Å². The zero-order valence-corrected chi connectivity index (χ0v) is 12.7. The molecule has 1 heterocycles. The Morgan fingerprint density at radius 1 is 1.32 bits per heavy atom. The molecule has 0 saturated heterocycles. The van der Waals surface area contributed by atoms with E-state index in [0.29, 0.717) is 11.4 Å². The van der Waals surface area contributed by atoms with E-state index in [9.17, 15) is 12.8 Å². The summed E-state index contributed by atoms with van der Waals surface area (Å²) in [5, 5.41) is 11.6. The van der Waals surface area contributed by atoms with Crippen LogP contribution in [0.4, 0.5) is 10.2 Å². The molecular weight excluding hydrogens is 307 g/mol. The first-order valence-electron chi connectivity index (χ1n) is 6.29. The number of hydrogen-bond acceptors (Lipinski definition) is 6. The van der Waals surface area contributed by atoms with E-state index in [1.165, 1.54) is 30.6 Å². The van der Waals surface area contributed by atoms with Gasteiger partial charge in [-0.1, -0.05) is 6.07 Å². The SMILES string of the molecule is CC(Nc1cnc(C#N)cn1)c1ccc(S(C)(=O)=O)c(F)c1. The lowest BCUT2D eigenvalue weighted by Gasteiger charge is -2.15. The fraction of sp³-hybridized carbons (Fsp3) is 0.214. The highest BCUT2D eigenvalue weighted by atomic mass is 32.2. The molecule has 1 aromatic carbocycles. The van der Waals surface area contributed by atoms with Gasteiger partial charge >= 0.3 is 0 Å². The normalized spacial score (nSPS) is 12.5. The molecule has 0 aliphatic heterocycles. The second kappa shape index (κ2) is 6.07. The molecule has 2 rings (SSSR count). The average molecular weight is 320 g/mol. The van der Waals surface area contributed by atoms with Crippen LogP contribution < -0.4 is 5.32 Å². The van der Waals surface area contributed by atoms with Gasteiger partial charge in [0.05, 0.1) is 18.4 Å². The molecule has 0 radical (unpaired) electrons. The largest absolute Gasteiger partial charge is 0.362 e. The predicted octanol–water partition coefficient (Wildman–Crippen LogP) is 2.06. The zero-order chi connectivity index (χ0) is 16.3. The fourth-order valence-corrected chi connectivity index (χ4v) is 2.58. The van der Waals surface area contributed by atoms with E-state index in [-0.39, 0.29) is 16.6 Å². The minimum atomic E-state index is -3.59. The number of benzene rings is 1. The van der Waals surface area contributed by atoms with Crippen LogP contribution in [0, 0.1) is 17.1 Å². The van der Waals surface area contributed by atoms with Crippen LogP contribution in [-0.2, 0) is 9.84 Å². The van der Waals surface area contributed by atoms with Crippen LogP contribution in [0.1, 0.15) is 24.2 Å². The molecule has 0 amide bonds. The maximum atomic E-state index is 13.9. The minimum absolute atomic E-state index is 0.196. The summed E-state index contributed by atoms with van der Waals surface area (Å²) in [6.45, 7) is 1.77. The monoisotopic (exact) mass is 320 g/mol. The first kappa shape index (κ1) is 15.9. The average Bonchev–Trinajstić information content (AvgIpc) is 2.46. The van der Waals surface area contributed by atoms with Gasteiger partial charge in [-0.2, -0.15) is 5.26 Å². The fourth-order valence-electron chi connectivity index (χ4n) is 1.85. The Morgan fingerprint density at radius 3 is 2.55 bits per heavy atom. The standard InChI is InChI=1S/C14H13FN4O2S/c1-9(19-14-8-17-11(6-16)7-18-14)10-3-4-13(12(15)5-10)22(2,20)21/h3-5,7-9H,1-2H3,(H,18,19). The van der Waals surface area contributed by atoms with Crippen LogP contribution in [0.25, 0.3) is 0 Å². The lowest BCUT2D eigenvalue weighted by molar-refractivity contribution is 0.568. The summed E-state index contributed by atoms with van der Waals surface area (Å²) in [7, 11) is -3.59. The van der Waals surface area contributed by atoms with Crippen LogP contribution in [-0.4, -0.2) is 24.6 Å². The van der Waals surface area contributed by atoms with Gasteiger partial charge in [-0.25, -0.2) is 22.8 Å². The maximum absolute atomic E-state index is 13.9. The molecule has 0 bridgehead atoms. The van der Waals surface area contributed by atoms with Crippen molar-refractivity contribution in [1.82, 2.24) is 9.97 Å².